The molecule has 1 aromatic carbocycles. The highest BCUT2D eigenvalue weighted by molar-refractivity contribution is 5.84. The summed E-state index contributed by atoms with van der Waals surface area (Å²) in [7, 11) is 0. The molecule has 0 amide bonds. The van der Waals surface area contributed by atoms with E-state index in [-0.39, 0.29) is 5.60 Å². The summed E-state index contributed by atoms with van der Waals surface area (Å²) in [4.78, 5) is 4.47. The SMILES string of the molecule is CCOc1cccc2c1nc(N)n2CC1(C)CCCO1. The minimum Gasteiger partial charge on any atom is -0.492 e. The number of nitrogens with two attached hydrogens (primary N) is 1. The minimum absolute atomic E-state index is 0.149. The number of benzene rings is 1. The van der Waals surface area contributed by atoms with Gasteiger partial charge < -0.3 is 19.8 Å². The Hall–Kier alpha value is -1.75. The van der Waals surface area contributed by atoms with Crippen LogP contribution in [0.5, 0.6) is 5.75 Å². The first-order valence-corrected chi connectivity index (χ1v) is 7.14. The fraction of sp³-hybridized carbons (Fsp3) is 0.533. The summed E-state index contributed by atoms with van der Waals surface area (Å²) in [6.45, 7) is 6.27. The third kappa shape index (κ3) is 2.22. The number of hydrogen-bond acceptors (Lipinski definition) is 4. The molecule has 0 radical (unpaired) electrons. The van der Waals surface area contributed by atoms with Crippen LogP contribution in [0.3, 0.4) is 0 Å². The monoisotopic (exact) mass is 275 g/mol. The number of para-hydroxylation sites is 1. The van der Waals surface area contributed by atoms with Crippen LogP contribution in [0.2, 0.25) is 0 Å². The Labute approximate surface area is 118 Å². The van der Waals surface area contributed by atoms with Crippen molar-refractivity contribution in [1.82, 2.24) is 9.55 Å². The fourth-order valence-corrected chi connectivity index (χ4v) is 2.87. The van der Waals surface area contributed by atoms with E-state index < -0.39 is 0 Å². The molecule has 1 unspecified atom stereocenters. The maximum Gasteiger partial charge on any atom is 0.201 e. The Bertz CT molecular complexity index is 615. The molecular formula is C15H21N3O2. The van der Waals surface area contributed by atoms with Gasteiger partial charge in [0, 0.05) is 6.61 Å². The largest absolute Gasteiger partial charge is 0.492 e. The molecule has 5 heteroatoms. The Balaban J connectivity index is 2.02. The molecule has 0 spiro atoms. The van der Waals surface area contributed by atoms with Gasteiger partial charge in [-0.15, -0.1) is 0 Å². The van der Waals surface area contributed by atoms with Crippen molar-refractivity contribution >= 4 is 17.0 Å². The summed E-state index contributed by atoms with van der Waals surface area (Å²) in [5.41, 5.74) is 7.78. The summed E-state index contributed by atoms with van der Waals surface area (Å²) in [6.07, 6.45) is 2.16. The zero-order valence-electron chi connectivity index (χ0n) is 12.1. The number of anilines is 1. The predicted octanol–water partition coefficient (Wildman–Crippen LogP) is 2.59. The number of nitrogen functional groups attached to an aromatic ring is 1. The Morgan fingerprint density at radius 3 is 3.05 bits per heavy atom. The number of hydrogen-bond donors (Lipinski definition) is 1. The number of rotatable bonds is 4. The molecule has 2 N–H and O–H groups in total. The molecule has 1 aliphatic rings. The minimum atomic E-state index is -0.149. The first-order chi connectivity index (χ1) is 9.63. The van der Waals surface area contributed by atoms with Gasteiger partial charge in [0.1, 0.15) is 11.3 Å². The lowest BCUT2D eigenvalue weighted by atomic mass is 10.0. The van der Waals surface area contributed by atoms with Gasteiger partial charge in [0.2, 0.25) is 5.95 Å². The highest BCUT2D eigenvalue weighted by atomic mass is 16.5. The van der Waals surface area contributed by atoms with Crippen molar-refractivity contribution in [2.45, 2.75) is 38.8 Å². The van der Waals surface area contributed by atoms with Gasteiger partial charge in [-0.05, 0) is 38.8 Å². The van der Waals surface area contributed by atoms with Gasteiger partial charge in [-0.1, -0.05) is 6.07 Å². The number of imidazole rings is 1. The van der Waals surface area contributed by atoms with Crippen molar-refractivity contribution in [2.24, 2.45) is 0 Å². The second-order valence-corrected chi connectivity index (χ2v) is 5.51. The van der Waals surface area contributed by atoms with E-state index in [2.05, 4.69) is 11.9 Å². The topological polar surface area (TPSA) is 62.3 Å². The molecule has 5 nitrogen and oxygen atoms in total. The molecule has 1 atom stereocenters. The van der Waals surface area contributed by atoms with Crippen LogP contribution < -0.4 is 10.5 Å². The summed E-state index contributed by atoms with van der Waals surface area (Å²) in [5, 5.41) is 0. The molecule has 0 aliphatic carbocycles. The van der Waals surface area contributed by atoms with E-state index in [1.807, 2.05) is 29.7 Å². The highest BCUT2D eigenvalue weighted by Crippen LogP contribution is 2.32. The van der Waals surface area contributed by atoms with Crippen LogP contribution in [0.4, 0.5) is 5.95 Å². The van der Waals surface area contributed by atoms with Crippen molar-refractivity contribution in [1.29, 1.82) is 0 Å². The van der Waals surface area contributed by atoms with Gasteiger partial charge in [-0.3, -0.25) is 0 Å². The first kappa shape index (κ1) is 13.2. The lowest BCUT2D eigenvalue weighted by Crippen LogP contribution is -2.30. The van der Waals surface area contributed by atoms with Crippen LogP contribution in [-0.4, -0.2) is 28.4 Å². The molecule has 2 aromatic rings. The maximum atomic E-state index is 6.10. The molecule has 20 heavy (non-hydrogen) atoms. The summed E-state index contributed by atoms with van der Waals surface area (Å²) >= 11 is 0. The molecule has 1 saturated heterocycles. The van der Waals surface area contributed by atoms with E-state index in [9.17, 15) is 0 Å². The van der Waals surface area contributed by atoms with Gasteiger partial charge in [-0.2, -0.15) is 0 Å². The quantitative estimate of drug-likeness (QED) is 0.931. The van der Waals surface area contributed by atoms with Crippen LogP contribution in [0.25, 0.3) is 11.0 Å². The second-order valence-electron chi connectivity index (χ2n) is 5.51. The number of fused-ring (bicyclic) bond motifs is 1. The number of aromatic nitrogens is 2. The summed E-state index contributed by atoms with van der Waals surface area (Å²) in [5.74, 6) is 1.30. The zero-order valence-corrected chi connectivity index (χ0v) is 12.1. The van der Waals surface area contributed by atoms with Gasteiger partial charge in [-0.25, -0.2) is 4.98 Å². The van der Waals surface area contributed by atoms with Crippen LogP contribution in [-0.2, 0) is 11.3 Å². The van der Waals surface area contributed by atoms with E-state index in [1.165, 1.54) is 0 Å². The van der Waals surface area contributed by atoms with Crippen molar-refractivity contribution in [2.75, 3.05) is 18.9 Å². The molecule has 2 heterocycles. The lowest BCUT2D eigenvalue weighted by molar-refractivity contribution is 0.00750. The Morgan fingerprint density at radius 1 is 1.50 bits per heavy atom. The third-order valence-electron chi connectivity index (χ3n) is 3.86. The number of nitrogens with zero attached hydrogens (tertiary/aromatic N) is 2. The molecule has 0 bridgehead atoms. The second kappa shape index (κ2) is 4.98. The van der Waals surface area contributed by atoms with Crippen molar-refractivity contribution in [3.8, 4) is 5.75 Å². The van der Waals surface area contributed by atoms with E-state index in [4.69, 9.17) is 15.2 Å². The highest BCUT2D eigenvalue weighted by Gasteiger charge is 2.31. The van der Waals surface area contributed by atoms with Gasteiger partial charge in [0.15, 0.2) is 0 Å². The normalized spacial score (nSPS) is 22.5. The predicted molar refractivity (Wildman–Crippen MR) is 78.9 cm³/mol. The van der Waals surface area contributed by atoms with Crippen LogP contribution in [0, 0.1) is 0 Å². The summed E-state index contributed by atoms with van der Waals surface area (Å²) < 4.78 is 13.5. The van der Waals surface area contributed by atoms with Gasteiger partial charge in [0.25, 0.3) is 0 Å². The van der Waals surface area contributed by atoms with Crippen molar-refractivity contribution < 1.29 is 9.47 Å². The molecular weight excluding hydrogens is 254 g/mol. The van der Waals surface area contributed by atoms with E-state index in [0.717, 1.165) is 42.8 Å². The average molecular weight is 275 g/mol. The zero-order chi connectivity index (χ0) is 14.2. The molecule has 1 aromatic heterocycles. The maximum absolute atomic E-state index is 6.10. The van der Waals surface area contributed by atoms with Gasteiger partial charge >= 0.3 is 0 Å². The molecule has 108 valence electrons. The molecule has 1 aliphatic heterocycles. The van der Waals surface area contributed by atoms with Crippen molar-refractivity contribution in [3.63, 3.8) is 0 Å². The van der Waals surface area contributed by atoms with E-state index in [0.29, 0.717) is 12.6 Å². The molecule has 0 saturated carbocycles. The van der Waals surface area contributed by atoms with E-state index >= 15 is 0 Å². The third-order valence-corrected chi connectivity index (χ3v) is 3.86. The molecule has 1 fully saturated rings. The Kier molecular flexibility index (Phi) is 3.30. The van der Waals surface area contributed by atoms with Gasteiger partial charge in [0.05, 0.1) is 24.3 Å². The average Bonchev–Trinajstić information content (AvgIpc) is 2.97. The standard InChI is InChI=1S/C15H21N3O2/c1-3-19-12-7-4-6-11-13(12)17-14(16)18(11)10-15(2)8-5-9-20-15/h4,6-7H,3,5,8-10H2,1-2H3,(H2,16,17). The van der Waals surface area contributed by atoms with E-state index in [1.54, 1.807) is 0 Å². The van der Waals surface area contributed by atoms with Crippen LogP contribution in [0.15, 0.2) is 18.2 Å². The van der Waals surface area contributed by atoms with Crippen molar-refractivity contribution in [3.05, 3.63) is 18.2 Å². The molecule has 3 rings (SSSR count). The summed E-state index contributed by atoms with van der Waals surface area (Å²) in [6, 6.07) is 5.93. The Morgan fingerprint density at radius 2 is 2.35 bits per heavy atom. The van der Waals surface area contributed by atoms with Crippen LogP contribution in [0.1, 0.15) is 26.7 Å². The smallest absolute Gasteiger partial charge is 0.201 e. The fourth-order valence-electron chi connectivity index (χ4n) is 2.87. The first-order valence-electron chi connectivity index (χ1n) is 7.14. The lowest BCUT2D eigenvalue weighted by Gasteiger charge is -2.24. The van der Waals surface area contributed by atoms with Crippen LogP contribution >= 0.6 is 0 Å². The number of ether oxygens (including phenoxy) is 2.